The van der Waals surface area contributed by atoms with Crippen LogP contribution in [0.2, 0.25) is 0 Å². The van der Waals surface area contributed by atoms with Gasteiger partial charge in [-0.25, -0.2) is 0 Å². The summed E-state index contributed by atoms with van der Waals surface area (Å²) in [6.45, 7) is 0.553. The normalized spacial score (nSPS) is 18.5. The summed E-state index contributed by atoms with van der Waals surface area (Å²) in [6, 6.07) is 21.8. The van der Waals surface area contributed by atoms with Crippen LogP contribution in [0.4, 0.5) is 0 Å². The monoisotopic (exact) mass is 387 g/mol. The highest BCUT2D eigenvalue weighted by atomic mass is 16.5. The topological polar surface area (TPSA) is 66.8 Å². The Hall–Kier alpha value is -3.44. The van der Waals surface area contributed by atoms with Crippen molar-refractivity contribution in [1.82, 2.24) is 4.90 Å². The Balaban J connectivity index is 1.93. The van der Waals surface area contributed by atoms with Gasteiger partial charge < -0.3 is 14.7 Å². The molecule has 1 N–H and O–H groups in total. The molecule has 1 unspecified atom stereocenters. The van der Waals surface area contributed by atoms with Crippen LogP contribution in [0.25, 0.3) is 16.5 Å². The number of aliphatic hydroxyl groups excluding tert-OH is 1. The van der Waals surface area contributed by atoms with Gasteiger partial charge in [0.2, 0.25) is 0 Å². The van der Waals surface area contributed by atoms with E-state index >= 15 is 0 Å². The van der Waals surface area contributed by atoms with Crippen LogP contribution < -0.4 is 0 Å². The molecule has 1 heterocycles. The lowest BCUT2D eigenvalue weighted by Gasteiger charge is -2.25. The highest BCUT2D eigenvalue weighted by Crippen LogP contribution is 2.40. The van der Waals surface area contributed by atoms with Crippen LogP contribution in [0.1, 0.15) is 17.2 Å². The van der Waals surface area contributed by atoms with Crippen LogP contribution >= 0.6 is 0 Å². The summed E-state index contributed by atoms with van der Waals surface area (Å²) < 4.78 is 5.13. The lowest BCUT2D eigenvalue weighted by atomic mass is 9.93. The van der Waals surface area contributed by atoms with Crippen molar-refractivity contribution < 1.29 is 19.4 Å². The van der Waals surface area contributed by atoms with E-state index in [1.54, 1.807) is 13.2 Å². The van der Waals surface area contributed by atoms with Gasteiger partial charge in [-0.05, 0) is 16.3 Å². The van der Waals surface area contributed by atoms with Gasteiger partial charge >= 0.3 is 0 Å². The zero-order valence-corrected chi connectivity index (χ0v) is 16.0. The fourth-order valence-corrected chi connectivity index (χ4v) is 3.86. The first-order chi connectivity index (χ1) is 14.1. The molecule has 5 nitrogen and oxygen atoms in total. The Bertz CT molecular complexity index is 1100. The predicted molar refractivity (Wildman–Crippen MR) is 111 cm³/mol. The summed E-state index contributed by atoms with van der Waals surface area (Å²) in [5, 5.41) is 13.0. The molecule has 0 spiro atoms. The number of amides is 1. The minimum atomic E-state index is -0.680. The average molecular weight is 387 g/mol. The summed E-state index contributed by atoms with van der Waals surface area (Å²) in [5.41, 5.74) is 1.41. The van der Waals surface area contributed by atoms with E-state index in [-0.39, 0.29) is 17.9 Å². The van der Waals surface area contributed by atoms with Crippen LogP contribution in [0.3, 0.4) is 0 Å². The van der Waals surface area contributed by atoms with E-state index in [0.29, 0.717) is 12.2 Å². The molecule has 1 aliphatic heterocycles. The van der Waals surface area contributed by atoms with E-state index < -0.39 is 17.7 Å². The van der Waals surface area contributed by atoms with E-state index in [0.717, 1.165) is 16.3 Å². The van der Waals surface area contributed by atoms with Crippen molar-refractivity contribution in [2.45, 2.75) is 6.04 Å². The van der Waals surface area contributed by atoms with Crippen molar-refractivity contribution >= 4 is 28.2 Å². The molecule has 0 saturated carbocycles. The molecule has 0 aromatic heterocycles. The molecule has 1 atom stereocenters. The number of aliphatic hydroxyl groups is 1. The second kappa shape index (κ2) is 7.89. The van der Waals surface area contributed by atoms with Gasteiger partial charge in [0.1, 0.15) is 5.76 Å². The van der Waals surface area contributed by atoms with Crippen molar-refractivity contribution in [3.63, 3.8) is 0 Å². The first-order valence-electron chi connectivity index (χ1n) is 9.44. The zero-order valence-electron chi connectivity index (χ0n) is 16.0. The Morgan fingerprint density at radius 1 is 0.966 bits per heavy atom. The maximum atomic E-state index is 13.0. The second-order valence-electron chi connectivity index (χ2n) is 6.92. The fraction of sp³-hybridized carbons (Fsp3) is 0.167. The minimum absolute atomic E-state index is 0.105. The third-order valence-electron chi connectivity index (χ3n) is 5.24. The van der Waals surface area contributed by atoms with Crippen molar-refractivity contribution in [1.29, 1.82) is 0 Å². The van der Waals surface area contributed by atoms with Gasteiger partial charge in [-0.1, -0.05) is 72.8 Å². The van der Waals surface area contributed by atoms with Gasteiger partial charge in [-0.2, -0.15) is 0 Å². The number of likely N-dealkylation sites (tertiary alicyclic amines) is 1. The fourth-order valence-electron chi connectivity index (χ4n) is 3.86. The maximum absolute atomic E-state index is 13.0. The Kier molecular flexibility index (Phi) is 5.14. The molecule has 0 bridgehead atoms. The molecule has 146 valence electrons. The van der Waals surface area contributed by atoms with E-state index in [2.05, 4.69) is 0 Å². The molecule has 4 rings (SSSR count). The van der Waals surface area contributed by atoms with Gasteiger partial charge in [0.15, 0.2) is 0 Å². The molecule has 5 heteroatoms. The number of nitrogens with zero attached hydrogens (tertiary/aromatic N) is 1. The second-order valence-corrected chi connectivity index (χ2v) is 6.92. The number of rotatable bonds is 5. The summed E-state index contributed by atoms with van der Waals surface area (Å²) in [5.74, 6) is -1.47. The number of ether oxygens (including phenoxy) is 1. The smallest absolute Gasteiger partial charge is 0.295 e. The molecule has 29 heavy (non-hydrogen) atoms. The third-order valence-corrected chi connectivity index (χ3v) is 5.24. The number of hydrogen-bond acceptors (Lipinski definition) is 4. The van der Waals surface area contributed by atoms with Gasteiger partial charge in [-0.3, -0.25) is 9.59 Å². The van der Waals surface area contributed by atoms with Crippen molar-refractivity contribution in [2.75, 3.05) is 20.3 Å². The van der Waals surface area contributed by atoms with Crippen molar-refractivity contribution in [3.8, 4) is 0 Å². The molecule has 1 saturated heterocycles. The van der Waals surface area contributed by atoms with Gasteiger partial charge in [0.05, 0.1) is 18.2 Å². The third kappa shape index (κ3) is 3.30. The standard InChI is InChI=1S/C24H21NO4/c1-29-15-14-25-21(17-9-3-2-4-10-17)20(23(27)24(25)28)22(26)19-13-7-11-16-8-5-6-12-18(16)19/h2-13,21,26H,14-15H2,1H3/b22-20-. The summed E-state index contributed by atoms with van der Waals surface area (Å²) in [7, 11) is 1.55. The molecule has 0 radical (unpaired) electrons. The number of carbonyl (C=O) groups excluding carboxylic acids is 2. The Morgan fingerprint density at radius 2 is 1.66 bits per heavy atom. The van der Waals surface area contributed by atoms with E-state index in [1.807, 2.05) is 66.7 Å². The SMILES string of the molecule is COCCN1C(=O)C(=O)/C(=C(\O)c2cccc3ccccc23)C1c1ccccc1. The van der Waals surface area contributed by atoms with Gasteiger partial charge in [0, 0.05) is 19.2 Å². The van der Waals surface area contributed by atoms with Gasteiger partial charge in [0.25, 0.3) is 11.7 Å². The van der Waals surface area contributed by atoms with Crippen molar-refractivity contribution in [2.24, 2.45) is 0 Å². The number of fused-ring (bicyclic) bond motifs is 1. The highest BCUT2D eigenvalue weighted by molar-refractivity contribution is 6.46. The molecule has 0 aliphatic carbocycles. The molecule has 1 aliphatic rings. The van der Waals surface area contributed by atoms with Crippen LogP contribution in [0.5, 0.6) is 0 Å². The first kappa shape index (κ1) is 18.9. The summed E-state index contributed by atoms with van der Waals surface area (Å²) >= 11 is 0. The molecular formula is C24H21NO4. The van der Waals surface area contributed by atoms with Crippen LogP contribution in [-0.4, -0.2) is 42.0 Å². The zero-order chi connectivity index (χ0) is 20.4. The summed E-state index contributed by atoms with van der Waals surface area (Å²) in [4.78, 5) is 27.2. The van der Waals surface area contributed by atoms with Crippen LogP contribution in [0.15, 0.2) is 78.4 Å². The molecular weight excluding hydrogens is 366 g/mol. The van der Waals surface area contributed by atoms with E-state index in [4.69, 9.17) is 4.74 Å². The number of carbonyl (C=O) groups is 2. The quantitative estimate of drug-likeness (QED) is 0.410. The van der Waals surface area contributed by atoms with Crippen molar-refractivity contribution in [3.05, 3.63) is 89.5 Å². The average Bonchev–Trinajstić information content (AvgIpc) is 3.02. The predicted octanol–water partition coefficient (Wildman–Crippen LogP) is 3.91. The Morgan fingerprint density at radius 3 is 2.41 bits per heavy atom. The van der Waals surface area contributed by atoms with Crippen LogP contribution in [-0.2, 0) is 14.3 Å². The molecule has 1 amide bonds. The number of hydrogen-bond donors (Lipinski definition) is 1. The lowest BCUT2D eigenvalue weighted by Crippen LogP contribution is -2.32. The highest BCUT2D eigenvalue weighted by Gasteiger charge is 2.45. The molecule has 3 aromatic carbocycles. The van der Waals surface area contributed by atoms with E-state index in [9.17, 15) is 14.7 Å². The molecule has 3 aromatic rings. The Labute approximate surface area is 168 Å². The maximum Gasteiger partial charge on any atom is 0.295 e. The molecule has 1 fully saturated rings. The number of Topliss-reactive ketones (excluding diaryl/α,β-unsaturated/α-hetero) is 1. The number of methoxy groups -OCH3 is 1. The summed E-state index contributed by atoms with van der Waals surface area (Å²) in [6.07, 6.45) is 0. The lowest BCUT2D eigenvalue weighted by molar-refractivity contribution is -0.140. The number of benzene rings is 3. The van der Waals surface area contributed by atoms with Gasteiger partial charge in [-0.15, -0.1) is 0 Å². The first-order valence-corrected chi connectivity index (χ1v) is 9.44. The minimum Gasteiger partial charge on any atom is -0.507 e. The van der Waals surface area contributed by atoms with E-state index in [1.165, 1.54) is 4.90 Å². The van der Waals surface area contributed by atoms with Crippen LogP contribution in [0, 0.1) is 0 Å². The number of ketones is 1. The largest absolute Gasteiger partial charge is 0.507 e.